The molecule has 8 nitrogen and oxygen atoms in total. The van der Waals surface area contributed by atoms with Crippen LogP contribution in [0.1, 0.15) is 17.3 Å². The van der Waals surface area contributed by atoms with Crippen molar-refractivity contribution >= 4 is 51.1 Å². The fraction of sp³-hybridized carbons (Fsp3) is 0.217. The maximum Gasteiger partial charge on any atom is 0.278 e. The van der Waals surface area contributed by atoms with E-state index in [0.717, 1.165) is 10.9 Å². The number of nitrogens with zero attached hydrogens (tertiary/aromatic N) is 3. The van der Waals surface area contributed by atoms with Crippen LogP contribution in [0, 0.1) is 0 Å². The predicted octanol–water partition coefficient (Wildman–Crippen LogP) is 3.37. The van der Waals surface area contributed by atoms with E-state index < -0.39 is 0 Å². The summed E-state index contributed by atoms with van der Waals surface area (Å²) in [5.74, 6) is 0.483. The number of nitrogens with one attached hydrogen (secondary N) is 1. The Morgan fingerprint density at radius 1 is 1.09 bits per heavy atom. The fourth-order valence-corrected chi connectivity index (χ4v) is 4.31. The number of methoxy groups -OCH3 is 1. The highest BCUT2D eigenvalue weighted by Crippen LogP contribution is 2.29. The number of benzene rings is 2. The molecule has 2 aromatic carbocycles. The molecule has 0 aliphatic carbocycles. The van der Waals surface area contributed by atoms with Crippen molar-refractivity contribution < 1.29 is 14.3 Å². The van der Waals surface area contributed by atoms with Gasteiger partial charge in [0.15, 0.2) is 10.9 Å². The summed E-state index contributed by atoms with van der Waals surface area (Å²) >= 11 is 1.18. The van der Waals surface area contributed by atoms with Crippen molar-refractivity contribution in [3.05, 3.63) is 58.4 Å². The quantitative estimate of drug-likeness (QED) is 0.275. The van der Waals surface area contributed by atoms with Crippen LogP contribution in [0.3, 0.4) is 0 Å². The van der Waals surface area contributed by atoms with Gasteiger partial charge in [-0.05, 0) is 49.4 Å². The highest BCUT2D eigenvalue weighted by molar-refractivity contribution is 7.99. The van der Waals surface area contributed by atoms with Gasteiger partial charge in [-0.2, -0.15) is 0 Å². The Bertz CT molecular complexity index is 1420. The van der Waals surface area contributed by atoms with E-state index in [2.05, 4.69) is 5.32 Å². The van der Waals surface area contributed by atoms with E-state index in [-0.39, 0.29) is 23.0 Å². The maximum absolute atomic E-state index is 13.0. The summed E-state index contributed by atoms with van der Waals surface area (Å²) in [5.41, 5.74) is 2.94. The van der Waals surface area contributed by atoms with Crippen molar-refractivity contribution in [1.29, 1.82) is 0 Å². The summed E-state index contributed by atoms with van der Waals surface area (Å²) in [4.78, 5) is 41.6. The van der Waals surface area contributed by atoms with Crippen molar-refractivity contribution in [3.63, 3.8) is 0 Å². The third kappa shape index (κ3) is 3.87. The zero-order valence-electron chi connectivity index (χ0n) is 18.1. The lowest BCUT2D eigenvalue weighted by molar-refractivity contribution is -0.113. The van der Waals surface area contributed by atoms with Gasteiger partial charge in [0, 0.05) is 30.7 Å². The number of Topliss-reactive ketones (excluding diaryl/α,β-unsaturated/α-hetero) is 1. The van der Waals surface area contributed by atoms with Crippen LogP contribution in [0.25, 0.3) is 21.9 Å². The minimum absolute atomic E-state index is 0.0353. The van der Waals surface area contributed by atoms with Crippen LogP contribution in [-0.4, -0.2) is 38.7 Å². The van der Waals surface area contributed by atoms with E-state index >= 15 is 0 Å². The molecule has 0 spiro atoms. The van der Waals surface area contributed by atoms with Crippen LogP contribution in [0.4, 0.5) is 5.69 Å². The SMILES string of the molecule is COc1ccc2c(c1)c1nc(SCC(=O)Nc3ccc(C(C)=O)cc3)n(C)c(=O)c1n2C. The average Bonchev–Trinajstić information content (AvgIpc) is 3.06. The number of fused-ring (bicyclic) bond motifs is 3. The highest BCUT2D eigenvalue weighted by Gasteiger charge is 2.18. The lowest BCUT2D eigenvalue weighted by Gasteiger charge is -2.09. The molecular weight excluding hydrogens is 428 g/mol. The van der Waals surface area contributed by atoms with Crippen LogP contribution in [0.15, 0.2) is 52.4 Å². The van der Waals surface area contributed by atoms with Gasteiger partial charge in [-0.25, -0.2) is 4.98 Å². The Morgan fingerprint density at radius 3 is 2.47 bits per heavy atom. The number of anilines is 1. The van der Waals surface area contributed by atoms with Gasteiger partial charge in [-0.15, -0.1) is 0 Å². The second kappa shape index (κ2) is 8.51. The molecule has 1 N–H and O–H groups in total. The number of aromatic nitrogens is 3. The predicted molar refractivity (Wildman–Crippen MR) is 126 cm³/mol. The molecule has 0 bridgehead atoms. The number of hydrogen-bond donors (Lipinski definition) is 1. The molecule has 0 atom stereocenters. The number of carbonyl (C=O) groups excluding carboxylic acids is 2. The summed E-state index contributed by atoms with van der Waals surface area (Å²) in [6, 6.07) is 12.3. The molecule has 2 heterocycles. The molecular formula is C23H22N4O4S. The first kappa shape index (κ1) is 21.6. The first-order chi connectivity index (χ1) is 15.3. The number of ketones is 1. The lowest BCUT2D eigenvalue weighted by Crippen LogP contribution is -2.22. The van der Waals surface area contributed by atoms with Crippen LogP contribution in [0.5, 0.6) is 5.75 Å². The number of rotatable bonds is 6. The van der Waals surface area contributed by atoms with Crippen molar-refractivity contribution in [1.82, 2.24) is 14.1 Å². The number of amides is 1. The van der Waals surface area contributed by atoms with Gasteiger partial charge >= 0.3 is 0 Å². The van der Waals surface area contributed by atoms with Gasteiger partial charge in [-0.3, -0.25) is 19.0 Å². The maximum atomic E-state index is 13.0. The molecule has 4 rings (SSSR count). The average molecular weight is 451 g/mol. The Labute approximate surface area is 188 Å². The smallest absolute Gasteiger partial charge is 0.278 e. The van der Waals surface area contributed by atoms with E-state index in [4.69, 9.17) is 9.72 Å². The van der Waals surface area contributed by atoms with Gasteiger partial charge in [0.1, 0.15) is 16.8 Å². The Morgan fingerprint density at radius 2 is 1.81 bits per heavy atom. The van der Waals surface area contributed by atoms with Gasteiger partial charge in [-0.1, -0.05) is 11.8 Å². The molecule has 0 saturated heterocycles. The highest BCUT2D eigenvalue weighted by atomic mass is 32.2. The minimum Gasteiger partial charge on any atom is -0.497 e. The molecule has 0 aliphatic rings. The largest absolute Gasteiger partial charge is 0.497 e. The summed E-state index contributed by atoms with van der Waals surface area (Å²) in [6.07, 6.45) is 0. The normalized spacial score (nSPS) is 11.1. The molecule has 9 heteroatoms. The van der Waals surface area contributed by atoms with Crippen LogP contribution in [-0.2, 0) is 18.9 Å². The van der Waals surface area contributed by atoms with Crippen molar-refractivity contribution in [2.24, 2.45) is 14.1 Å². The number of carbonyl (C=O) groups is 2. The Kier molecular flexibility index (Phi) is 5.75. The molecule has 4 aromatic rings. The van der Waals surface area contributed by atoms with Gasteiger partial charge in [0.2, 0.25) is 5.91 Å². The molecule has 32 heavy (non-hydrogen) atoms. The second-order valence-electron chi connectivity index (χ2n) is 7.37. The zero-order chi connectivity index (χ0) is 23.0. The molecule has 164 valence electrons. The molecule has 2 aromatic heterocycles. The molecule has 0 aliphatic heterocycles. The summed E-state index contributed by atoms with van der Waals surface area (Å²) in [5, 5.41) is 4.05. The number of thioether (sulfide) groups is 1. The number of hydrogen-bond acceptors (Lipinski definition) is 6. The Hall–Kier alpha value is -3.59. The fourth-order valence-electron chi connectivity index (χ4n) is 3.55. The second-order valence-corrected chi connectivity index (χ2v) is 8.31. The first-order valence-electron chi connectivity index (χ1n) is 9.87. The van der Waals surface area contributed by atoms with Crippen molar-refractivity contribution in [2.75, 3.05) is 18.2 Å². The van der Waals surface area contributed by atoms with E-state index in [9.17, 15) is 14.4 Å². The standard InChI is InChI=1S/C23H22N4O4S/c1-13(28)14-5-7-15(8-6-14)24-19(29)12-32-23-25-20-17-11-16(31-4)9-10-18(17)26(2)21(20)22(30)27(23)3/h5-11H,12H2,1-4H3,(H,24,29). The van der Waals surface area contributed by atoms with Gasteiger partial charge in [0.25, 0.3) is 5.56 Å². The molecule has 0 saturated carbocycles. The minimum atomic E-state index is -0.237. The zero-order valence-corrected chi connectivity index (χ0v) is 18.9. The van der Waals surface area contributed by atoms with Crippen LogP contribution >= 0.6 is 11.8 Å². The summed E-state index contributed by atoms with van der Waals surface area (Å²) in [6.45, 7) is 1.49. The van der Waals surface area contributed by atoms with E-state index in [1.807, 2.05) is 29.8 Å². The topological polar surface area (TPSA) is 95.2 Å². The first-order valence-corrected chi connectivity index (χ1v) is 10.9. The van der Waals surface area contributed by atoms with E-state index in [1.165, 1.54) is 23.3 Å². The van der Waals surface area contributed by atoms with E-state index in [1.54, 1.807) is 38.4 Å². The third-order valence-electron chi connectivity index (χ3n) is 5.29. The molecule has 1 amide bonds. The third-order valence-corrected chi connectivity index (χ3v) is 6.32. The van der Waals surface area contributed by atoms with Crippen LogP contribution in [0.2, 0.25) is 0 Å². The molecule has 0 fully saturated rings. The molecule has 0 unspecified atom stereocenters. The Balaban J connectivity index is 1.60. The van der Waals surface area contributed by atoms with Crippen molar-refractivity contribution in [3.8, 4) is 5.75 Å². The molecule has 0 radical (unpaired) electrons. The summed E-state index contributed by atoms with van der Waals surface area (Å²) in [7, 11) is 5.07. The number of ether oxygens (including phenoxy) is 1. The number of aryl methyl sites for hydroxylation is 1. The monoisotopic (exact) mass is 450 g/mol. The van der Waals surface area contributed by atoms with Crippen LogP contribution < -0.4 is 15.6 Å². The van der Waals surface area contributed by atoms with Gasteiger partial charge in [0.05, 0.1) is 18.4 Å². The van der Waals surface area contributed by atoms with Crippen molar-refractivity contribution in [2.45, 2.75) is 12.1 Å². The lowest BCUT2D eigenvalue weighted by atomic mass is 10.1. The van der Waals surface area contributed by atoms with E-state index in [0.29, 0.717) is 33.2 Å². The van der Waals surface area contributed by atoms with Gasteiger partial charge < -0.3 is 14.6 Å². The summed E-state index contributed by atoms with van der Waals surface area (Å²) < 4.78 is 8.60.